The molecule has 6 heteroatoms. The van der Waals surface area contributed by atoms with Crippen LogP contribution in [0.5, 0.6) is 0 Å². The summed E-state index contributed by atoms with van der Waals surface area (Å²) in [6, 6.07) is 16.7. The van der Waals surface area contributed by atoms with E-state index in [0.717, 1.165) is 11.1 Å². The number of aldehydes is 1. The zero-order valence-electron chi connectivity index (χ0n) is 13.7. The Morgan fingerprint density at radius 1 is 0.923 bits per heavy atom. The second-order valence-electron chi connectivity index (χ2n) is 5.68. The average molecular weight is 343 g/mol. The molecule has 4 rings (SSSR count). The molecule has 6 nitrogen and oxygen atoms in total. The van der Waals surface area contributed by atoms with Crippen molar-refractivity contribution in [2.75, 3.05) is 0 Å². The van der Waals surface area contributed by atoms with Crippen LogP contribution in [0.1, 0.15) is 10.5 Å². The highest BCUT2D eigenvalue weighted by Crippen LogP contribution is 2.16. The minimum absolute atomic E-state index is 0.267. The van der Waals surface area contributed by atoms with E-state index in [1.807, 2.05) is 54.9 Å². The predicted octanol–water partition coefficient (Wildman–Crippen LogP) is 2.32. The molecule has 0 saturated carbocycles. The fourth-order valence-electron chi connectivity index (χ4n) is 2.89. The van der Waals surface area contributed by atoms with Crippen LogP contribution in [0.4, 0.5) is 0 Å². The van der Waals surface area contributed by atoms with Crippen molar-refractivity contribution in [1.29, 1.82) is 0 Å². The first kappa shape index (κ1) is 15.7. The van der Waals surface area contributed by atoms with Gasteiger partial charge in [0.1, 0.15) is 0 Å². The molecule has 0 bridgehead atoms. The number of H-pyrrole nitrogens is 1. The maximum absolute atomic E-state index is 12.4. The molecular formula is C20H15N4O2+. The number of benzene rings is 1. The van der Waals surface area contributed by atoms with E-state index in [1.54, 1.807) is 29.1 Å². The van der Waals surface area contributed by atoms with Gasteiger partial charge in [-0.05, 0) is 47.5 Å². The van der Waals surface area contributed by atoms with E-state index in [0.29, 0.717) is 17.8 Å². The van der Waals surface area contributed by atoms with Crippen LogP contribution < -0.4 is 10.3 Å². The lowest BCUT2D eigenvalue weighted by molar-refractivity contribution is -0.599. The zero-order valence-corrected chi connectivity index (χ0v) is 13.7. The fraction of sp³-hybridized carbons (Fsp3) is 0. The van der Waals surface area contributed by atoms with E-state index in [2.05, 4.69) is 9.97 Å². The number of nitrogens with zero attached hydrogens (tertiary/aromatic N) is 3. The maximum Gasteiger partial charge on any atom is 0.418 e. The minimum atomic E-state index is -0.362. The predicted molar refractivity (Wildman–Crippen MR) is 96.5 cm³/mol. The molecule has 0 fully saturated rings. The molecule has 0 amide bonds. The summed E-state index contributed by atoms with van der Waals surface area (Å²) in [5.41, 5.74) is 2.59. The number of para-hydroxylation sites is 1. The summed E-state index contributed by atoms with van der Waals surface area (Å²) in [6.45, 7) is 0. The van der Waals surface area contributed by atoms with Crippen molar-refractivity contribution in [3.63, 3.8) is 0 Å². The molecule has 1 N–H and O–H groups in total. The summed E-state index contributed by atoms with van der Waals surface area (Å²) in [7, 11) is 0. The van der Waals surface area contributed by atoms with Crippen LogP contribution in [-0.4, -0.2) is 20.8 Å². The molecule has 0 radical (unpaired) electrons. The Hall–Kier alpha value is -3.80. The van der Waals surface area contributed by atoms with Crippen LogP contribution in [0.3, 0.4) is 0 Å². The van der Waals surface area contributed by atoms with E-state index in [9.17, 15) is 9.59 Å². The normalized spacial score (nSPS) is 10.6. The number of carbonyl (C=O) groups excluding carboxylic acids is 1. The number of nitrogens with one attached hydrogen (secondary N) is 1. The van der Waals surface area contributed by atoms with Crippen LogP contribution in [0.2, 0.25) is 0 Å². The molecule has 26 heavy (non-hydrogen) atoms. The van der Waals surface area contributed by atoms with Crippen LogP contribution in [0.25, 0.3) is 22.6 Å². The zero-order chi connectivity index (χ0) is 17.9. The van der Waals surface area contributed by atoms with E-state index in [-0.39, 0.29) is 11.4 Å². The number of hydrogen-bond donors (Lipinski definition) is 1. The first-order valence-corrected chi connectivity index (χ1v) is 8.05. The van der Waals surface area contributed by atoms with Crippen molar-refractivity contribution in [3.8, 4) is 22.6 Å². The fourth-order valence-corrected chi connectivity index (χ4v) is 2.89. The number of pyridine rings is 2. The summed E-state index contributed by atoms with van der Waals surface area (Å²) in [4.78, 5) is 30.9. The van der Waals surface area contributed by atoms with Gasteiger partial charge in [-0.1, -0.05) is 18.2 Å². The monoisotopic (exact) mass is 343 g/mol. The van der Waals surface area contributed by atoms with Crippen LogP contribution in [-0.2, 0) is 0 Å². The highest BCUT2D eigenvalue weighted by Gasteiger charge is 2.22. The second-order valence-corrected chi connectivity index (χ2v) is 5.68. The Kier molecular flexibility index (Phi) is 3.99. The van der Waals surface area contributed by atoms with Gasteiger partial charge in [-0.3, -0.25) is 9.78 Å². The highest BCUT2D eigenvalue weighted by atomic mass is 16.1. The minimum Gasteiger partial charge on any atom is -0.296 e. The smallest absolute Gasteiger partial charge is 0.296 e. The lowest BCUT2D eigenvalue weighted by Crippen LogP contribution is -2.31. The van der Waals surface area contributed by atoms with Crippen LogP contribution >= 0.6 is 0 Å². The van der Waals surface area contributed by atoms with Crippen LogP contribution in [0, 0.1) is 0 Å². The lowest BCUT2D eigenvalue weighted by atomic mass is 10.1. The maximum atomic E-state index is 12.4. The number of hydrogen-bond acceptors (Lipinski definition) is 3. The Morgan fingerprint density at radius 3 is 2.23 bits per heavy atom. The van der Waals surface area contributed by atoms with Crippen LogP contribution in [0.15, 0.2) is 84.2 Å². The Labute approximate surface area is 149 Å². The number of rotatable bonds is 4. The van der Waals surface area contributed by atoms with E-state index < -0.39 is 0 Å². The topological polar surface area (TPSA) is 71.6 Å². The summed E-state index contributed by atoms with van der Waals surface area (Å²) in [5.74, 6) is 0.426. The molecule has 3 heterocycles. The first-order chi connectivity index (χ1) is 12.8. The summed E-state index contributed by atoms with van der Waals surface area (Å²) in [6.07, 6.45) is 7.77. The number of imidazole rings is 1. The van der Waals surface area contributed by atoms with E-state index >= 15 is 0 Å². The van der Waals surface area contributed by atoms with Crippen molar-refractivity contribution in [3.05, 3.63) is 95.6 Å². The van der Waals surface area contributed by atoms with Gasteiger partial charge < -0.3 is 0 Å². The quantitative estimate of drug-likeness (QED) is 0.457. The number of carbonyl (C=O) groups is 1. The molecule has 0 atom stereocenters. The average Bonchev–Trinajstić information content (AvgIpc) is 3.05. The van der Waals surface area contributed by atoms with Crippen molar-refractivity contribution in [2.45, 2.75) is 0 Å². The molecule has 3 aromatic heterocycles. The summed E-state index contributed by atoms with van der Waals surface area (Å²) >= 11 is 0. The molecule has 0 aliphatic rings. The third kappa shape index (κ3) is 2.73. The molecule has 0 unspecified atom stereocenters. The summed E-state index contributed by atoms with van der Waals surface area (Å²) in [5, 5.41) is 0. The van der Waals surface area contributed by atoms with Gasteiger partial charge in [-0.15, -0.1) is 0 Å². The molecule has 4 aromatic rings. The van der Waals surface area contributed by atoms with Crippen molar-refractivity contribution >= 4 is 6.29 Å². The van der Waals surface area contributed by atoms with Crippen molar-refractivity contribution in [1.82, 2.24) is 14.5 Å². The van der Waals surface area contributed by atoms with E-state index in [1.165, 1.54) is 4.57 Å². The van der Waals surface area contributed by atoms with Gasteiger partial charge in [-0.25, -0.2) is 13.9 Å². The summed E-state index contributed by atoms with van der Waals surface area (Å²) < 4.78 is 3.08. The van der Waals surface area contributed by atoms with Gasteiger partial charge in [0.15, 0.2) is 12.0 Å². The lowest BCUT2D eigenvalue weighted by Gasteiger charge is -2.03. The van der Waals surface area contributed by atoms with E-state index in [4.69, 9.17) is 0 Å². The van der Waals surface area contributed by atoms with Crippen molar-refractivity contribution in [2.24, 2.45) is 0 Å². The van der Waals surface area contributed by atoms with Gasteiger partial charge in [0.25, 0.3) is 0 Å². The molecule has 0 saturated heterocycles. The van der Waals surface area contributed by atoms with Gasteiger partial charge in [0, 0.05) is 12.4 Å². The first-order valence-electron chi connectivity index (χ1n) is 8.05. The third-order valence-corrected chi connectivity index (χ3v) is 4.14. The van der Waals surface area contributed by atoms with Gasteiger partial charge in [0.2, 0.25) is 0 Å². The second kappa shape index (κ2) is 6.60. The van der Waals surface area contributed by atoms with Gasteiger partial charge in [-0.2, -0.15) is 4.98 Å². The molecule has 0 spiro atoms. The Morgan fingerprint density at radius 2 is 1.58 bits per heavy atom. The number of aromatic amines is 1. The van der Waals surface area contributed by atoms with Crippen molar-refractivity contribution < 1.29 is 9.36 Å². The van der Waals surface area contributed by atoms with Gasteiger partial charge >= 0.3 is 11.5 Å². The molecular weight excluding hydrogens is 328 g/mol. The highest BCUT2D eigenvalue weighted by molar-refractivity contribution is 5.77. The largest absolute Gasteiger partial charge is 0.418 e. The standard InChI is InChI=1S/C20H14N4O2/c25-14-18-19(22-20(26)24(18)17-4-2-1-3-5-17)23-12-8-16(9-13-23)15-6-10-21-11-7-15/h1-14H/p+1. The molecule has 1 aromatic carbocycles. The third-order valence-electron chi connectivity index (χ3n) is 4.14. The SMILES string of the molecule is O=Cc1c(-[n+]2ccc(-c3ccncc3)cc2)[nH]c(=O)n1-c1ccccc1. The van der Waals surface area contributed by atoms with Gasteiger partial charge in [0.05, 0.1) is 18.1 Å². The molecule has 126 valence electrons. The number of aromatic nitrogens is 4. The molecule has 0 aliphatic heterocycles. The Balaban J connectivity index is 1.79. The molecule has 0 aliphatic carbocycles. The Bertz CT molecular complexity index is 1100.